The smallest absolute Gasteiger partial charge is 0.414 e. The van der Waals surface area contributed by atoms with E-state index in [2.05, 4.69) is 14.9 Å². The predicted octanol–water partition coefficient (Wildman–Crippen LogP) is 5.27. The van der Waals surface area contributed by atoms with Crippen LogP contribution in [-0.4, -0.2) is 29.4 Å². The van der Waals surface area contributed by atoms with Gasteiger partial charge in [0.1, 0.15) is 5.54 Å². The second-order valence-electron chi connectivity index (χ2n) is 7.43. The van der Waals surface area contributed by atoms with Crippen LogP contribution in [-0.2, 0) is 21.7 Å². The van der Waals surface area contributed by atoms with E-state index in [1.165, 1.54) is 0 Å². The van der Waals surface area contributed by atoms with Crippen LogP contribution < -0.4 is 4.72 Å². The lowest BCUT2D eigenvalue weighted by molar-refractivity contribution is -0.157. The first kappa shape index (κ1) is 23.1. The fourth-order valence-corrected chi connectivity index (χ4v) is 4.61. The van der Waals surface area contributed by atoms with Crippen molar-refractivity contribution in [3.05, 3.63) is 77.1 Å². The van der Waals surface area contributed by atoms with Gasteiger partial charge in [-0.25, -0.2) is 8.42 Å². The minimum absolute atomic E-state index is 0.238. The normalized spacial score (nSPS) is 14.4. The van der Waals surface area contributed by atoms with Gasteiger partial charge < -0.3 is 8.98 Å². The maximum Gasteiger partial charge on any atom is 0.470 e. The zero-order chi connectivity index (χ0) is 24.0. The molecular formula is C21H18ClF3N4O3S. The van der Waals surface area contributed by atoms with E-state index in [9.17, 15) is 21.6 Å². The molecule has 2 aromatic carbocycles. The lowest BCUT2D eigenvalue weighted by Gasteiger charge is -2.33. The number of hydrogen-bond acceptors (Lipinski definition) is 5. The SMILES string of the molecule is CCC(c1ccc(Cl)cc1)(c1nnc(C(F)(F)F)o1)n1ccc2c(NS(C)(=O)=O)cccc21. The zero-order valence-electron chi connectivity index (χ0n) is 17.4. The molecule has 0 aliphatic rings. The van der Waals surface area contributed by atoms with Crippen LogP contribution in [0, 0.1) is 0 Å². The summed E-state index contributed by atoms with van der Waals surface area (Å²) in [6.45, 7) is 1.77. The second kappa shape index (κ2) is 8.07. The Kier molecular flexibility index (Phi) is 5.65. The average molecular weight is 499 g/mol. The molecular weight excluding hydrogens is 481 g/mol. The van der Waals surface area contributed by atoms with Crippen LogP contribution in [0.2, 0.25) is 5.02 Å². The molecule has 0 bridgehead atoms. The van der Waals surface area contributed by atoms with E-state index in [1.54, 1.807) is 66.2 Å². The topological polar surface area (TPSA) is 90.0 Å². The fraction of sp³-hybridized carbons (Fsp3) is 0.238. The van der Waals surface area contributed by atoms with Crippen molar-refractivity contribution in [2.24, 2.45) is 0 Å². The van der Waals surface area contributed by atoms with Gasteiger partial charge in [-0.05, 0) is 42.3 Å². The molecule has 1 unspecified atom stereocenters. The molecule has 0 aliphatic heterocycles. The van der Waals surface area contributed by atoms with Crippen molar-refractivity contribution >= 4 is 38.2 Å². The molecule has 174 valence electrons. The number of hydrogen-bond donors (Lipinski definition) is 1. The standard InChI is InChI=1S/C21H18ClF3N4O3S/c1-3-20(13-7-9-14(22)10-8-13,18-26-27-19(32-18)21(23,24)25)29-12-11-15-16(28-33(2,30)31)5-4-6-17(15)29/h4-12,28H,3H2,1-2H3. The lowest BCUT2D eigenvalue weighted by Crippen LogP contribution is -2.35. The molecule has 0 saturated heterocycles. The van der Waals surface area contributed by atoms with E-state index in [0.717, 1.165) is 6.26 Å². The van der Waals surface area contributed by atoms with Crippen molar-refractivity contribution in [3.8, 4) is 0 Å². The first-order chi connectivity index (χ1) is 15.5. The minimum atomic E-state index is -4.81. The molecule has 0 spiro atoms. The Morgan fingerprint density at radius 2 is 1.73 bits per heavy atom. The van der Waals surface area contributed by atoms with Gasteiger partial charge in [0.15, 0.2) is 0 Å². The van der Waals surface area contributed by atoms with Crippen LogP contribution in [0.5, 0.6) is 0 Å². The van der Waals surface area contributed by atoms with Crippen molar-refractivity contribution in [2.45, 2.75) is 25.1 Å². The molecule has 0 amide bonds. The van der Waals surface area contributed by atoms with Crippen LogP contribution in [0.4, 0.5) is 18.9 Å². The lowest BCUT2D eigenvalue weighted by atomic mass is 9.86. The van der Waals surface area contributed by atoms with Gasteiger partial charge in [0.05, 0.1) is 17.5 Å². The van der Waals surface area contributed by atoms with Crippen molar-refractivity contribution < 1.29 is 26.0 Å². The number of anilines is 1. The van der Waals surface area contributed by atoms with E-state index < -0.39 is 27.6 Å². The molecule has 0 saturated carbocycles. The van der Waals surface area contributed by atoms with Gasteiger partial charge in [0.25, 0.3) is 0 Å². The van der Waals surface area contributed by atoms with Crippen molar-refractivity contribution in [2.75, 3.05) is 11.0 Å². The van der Waals surface area contributed by atoms with E-state index in [0.29, 0.717) is 27.2 Å². The summed E-state index contributed by atoms with van der Waals surface area (Å²) in [4.78, 5) is 0. The van der Waals surface area contributed by atoms with Gasteiger partial charge in [0.2, 0.25) is 15.9 Å². The summed E-state index contributed by atoms with van der Waals surface area (Å²) in [7, 11) is -3.56. The maximum absolute atomic E-state index is 13.3. The molecule has 1 atom stereocenters. The maximum atomic E-state index is 13.3. The van der Waals surface area contributed by atoms with E-state index >= 15 is 0 Å². The monoisotopic (exact) mass is 498 g/mol. The number of halogens is 4. The fourth-order valence-electron chi connectivity index (χ4n) is 3.91. The van der Waals surface area contributed by atoms with Crippen LogP contribution >= 0.6 is 11.6 Å². The van der Waals surface area contributed by atoms with Crippen molar-refractivity contribution in [1.82, 2.24) is 14.8 Å². The molecule has 0 aliphatic carbocycles. The highest BCUT2D eigenvalue weighted by Crippen LogP contribution is 2.42. The number of nitrogens with zero attached hydrogens (tertiary/aromatic N) is 3. The Hall–Kier alpha value is -3.05. The number of aromatic nitrogens is 3. The molecule has 0 fully saturated rings. The van der Waals surface area contributed by atoms with Gasteiger partial charge in [-0.2, -0.15) is 13.2 Å². The second-order valence-corrected chi connectivity index (χ2v) is 9.61. The molecule has 7 nitrogen and oxygen atoms in total. The molecule has 4 aromatic rings. The van der Waals surface area contributed by atoms with Crippen LogP contribution in [0.3, 0.4) is 0 Å². The van der Waals surface area contributed by atoms with E-state index in [-0.39, 0.29) is 12.3 Å². The van der Waals surface area contributed by atoms with Crippen molar-refractivity contribution in [3.63, 3.8) is 0 Å². The number of alkyl halides is 3. The van der Waals surface area contributed by atoms with Crippen LogP contribution in [0.1, 0.15) is 30.7 Å². The van der Waals surface area contributed by atoms with Gasteiger partial charge in [-0.1, -0.05) is 36.7 Å². The summed E-state index contributed by atoms with van der Waals surface area (Å²) in [5.74, 6) is -1.72. The summed E-state index contributed by atoms with van der Waals surface area (Å²) in [6.07, 6.45) is -1.89. The summed E-state index contributed by atoms with van der Waals surface area (Å²) in [5.41, 5.74) is 0.112. The third kappa shape index (κ3) is 4.18. The van der Waals surface area contributed by atoms with Gasteiger partial charge in [-0.15, -0.1) is 10.2 Å². The third-order valence-electron chi connectivity index (χ3n) is 5.29. The number of benzene rings is 2. The molecule has 2 heterocycles. The molecule has 4 rings (SSSR count). The summed E-state index contributed by atoms with van der Waals surface area (Å²) in [6, 6.07) is 13.2. The predicted molar refractivity (Wildman–Crippen MR) is 118 cm³/mol. The number of sulfonamides is 1. The minimum Gasteiger partial charge on any atom is -0.414 e. The third-order valence-corrected chi connectivity index (χ3v) is 6.14. The summed E-state index contributed by atoms with van der Waals surface area (Å²) in [5, 5.41) is 7.99. The number of nitrogens with one attached hydrogen (secondary N) is 1. The van der Waals surface area contributed by atoms with E-state index in [4.69, 9.17) is 16.0 Å². The Balaban J connectivity index is 2.02. The Morgan fingerprint density at radius 3 is 2.30 bits per heavy atom. The highest BCUT2D eigenvalue weighted by atomic mass is 35.5. The Morgan fingerprint density at radius 1 is 1.06 bits per heavy atom. The summed E-state index contributed by atoms with van der Waals surface area (Å²) < 4.78 is 72.7. The molecule has 1 N–H and O–H groups in total. The zero-order valence-corrected chi connectivity index (χ0v) is 19.0. The molecule has 33 heavy (non-hydrogen) atoms. The van der Waals surface area contributed by atoms with Crippen molar-refractivity contribution in [1.29, 1.82) is 0 Å². The average Bonchev–Trinajstić information content (AvgIpc) is 3.38. The largest absolute Gasteiger partial charge is 0.470 e. The summed E-state index contributed by atoms with van der Waals surface area (Å²) >= 11 is 6.05. The number of fused-ring (bicyclic) bond motifs is 1. The quantitative estimate of drug-likeness (QED) is 0.391. The van der Waals surface area contributed by atoms with Gasteiger partial charge in [0, 0.05) is 16.6 Å². The van der Waals surface area contributed by atoms with E-state index in [1.807, 2.05) is 0 Å². The Bertz CT molecular complexity index is 1410. The highest BCUT2D eigenvalue weighted by molar-refractivity contribution is 7.92. The molecule has 0 radical (unpaired) electrons. The van der Waals surface area contributed by atoms with Gasteiger partial charge >= 0.3 is 12.1 Å². The van der Waals surface area contributed by atoms with Crippen LogP contribution in [0.25, 0.3) is 10.9 Å². The first-order valence-electron chi connectivity index (χ1n) is 9.71. The van der Waals surface area contributed by atoms with Crippen LogP contribution in [0.15, 0.2) is 59.1 Å². The van der Waals surface area contributed by atoms with Gasteiger partial charge in [-0.3, -0.25) is 4.72 Å². The molecule has 2 aromatic heterocycles. The Labute approximate surface area is 192 Å². The highest BCUT2D eigenvalue weighted by Gasteiger charge is 2.45. The molecule has 12 heteroatoms. The number of rotatable bonds is 6. The first-order valence-corrected chi connectivity index (χ1v) is 12.0.